The van der Waals surface area contributed by atoms with E-state index in [0.717, 1.165) is 15.4 Å². The summed E-state index contributed by atoms with van der Waals surface area (Å²) < 4.78 is 0. The van der Waals surface area contributed by atoms with E-state index in [2.05, 4.69) is 49.8 Å². The van der Waals surface area contributed by atoms with Crippen molar-refractivity contribution in [3.63, 3.8) is 0 Å². The first-order valence-electron chi connectivity index (χ1n) is 7.45. The average molecular weight is 317 g/mol. The molecule has 1 nitrogen and oxygen atoms in total. The van der Waals surface area contributed by atoms with Crippen molar-refractivity contribution in [2.45, 2.75) is 35.0 Å². The van der Waals surface area contributed by atoms with Crippen LogP contribution in [0.15, 0.2) is 71.0 Å². The second-order valence-corrected chi connectivity index (χ2v) is 6.59. The zero-order valence-corrected chi connectivity index (χ0v) is 14.1. The molecule has 2 aromatic rings. The number of benzene rings is 2. The normalized spacial score (nSPS) is 12.7. The van der Waals surface area contributed by atoms with Gasteiger partial charge in [0.1, 0.15) is 0 Å². The zero-order valence-electron chi connectivity index (χ0n) is 13.3. The molecule has 0 saturated carbocycles. The van der Waals surface area contributed by atoms with Gasteiger partial charge in [-0.15, -0.1) is 18.9 Å². The third kappa shape index (κ3) is 3.86. The van der Waals surface area contributed by atoms with Crippen molar-refractivity contribution in [1.29, 1.82) is 5.26 Å². The average Bonchev–Trinajstić information content (AvgIpc) is 2.57. The highest BCUT2D eigenvalue weighted by molar-refractivity contribution is 7.99. The van der Waals surface area contributed by atoms with E-state index in [0.29, 0.717) is 12.8 Å². The SMILES string of the molecule is C#CCC(C#N)(CC=C)c1ccccc1Sc1ccc(C)cc1. The summed E-state index contributed by atoms with van der Waals surface area (Å²) in [5.41, 5.74) is 1.49. The van der Waals surface area contributed by atoms with E-state index in [1.54, 1.807) is 17.8 Å². The van der Waals surface area contributed by atoms with Crippen LogP contribution in [0, 0.1) is 30.6 Å². The molecule has 0 saturated heterocycles. The van der Waals surface area contributed by atoms with Crippen LogP contribution in [0.25, 0.3) is 0 Å². The molecule has 23 heavy (non-hydrogen) atoms. The standard InChI is InChI=1S/C21H19NS/c1-4-14-21(16-22,15-5-2)19-8-6-7-9-20(19)23-18-12-10-17(3)11-13-18/h1,5-13H,2,14-15H2,3H3. The fourth-order valence-corrected chi connectivity index (χ4v) is 3.57. The van der Waals surface area contributed by atoms with Gasteiger partial charge in [0, 0.05) is 16.2 Å². The molecule has 1 atom stereocenters. The molecule has 0 aliphatic heterocycles. The first kappa shape index (κ1) is 16.9. The summed E-state index contributed by atoms with van der Waals surface area (Å²) >= 11 is 1.66. The van der Waals surface area contributed by atoms with E-state index < -0.39 is 5.41 Å². The number of nitrogens with zero attached hydrogens (tertiary/aromatic N) is 1. The lowest BCUT2D eigenvalue weighted by Gasteiger charge is -2.26. The van der Waals surface area contributed by atoms with Crippen LogP contribution in [-0.4, -0.2) is 0 Å². The van der Waals surface area contributed by atoms with Crippen molar-refractivity contribution in [3.8, 4) is 18.4 Å². The molecule has 0 amide bonds. The highest BCUT2D eigenvalue weighted by atomic mass is 32.2. The Labute approximate surface area is 143 Å². The predicted octanol–water partition coefficient (Wildman–Crippen LogP) is 5.51. The second kappa shape index (κ2) is 7.73. The van der Waals surface area contributed by atoms with Gasteiger partial charge in [0.25, 0.3) is 0 Å². The molecule has 0 spiro atoms. The largest absolute Gasteiger partial charge is 0.197 e. The Balaban J connectivity index is 2.47. The van der Waals surface area contributed by atoms with E-state index in [9.17, 15) is 5.26 Å². The molecule has 114 valence electrons. The van der Waals surface area contributed by atoms with Crippen molar-refractivity contribution >= 4 is 11.8 Å². The van der Waals surface area contributed by atoms with Crippen LogP contribution in [0.4, 0.5) is 0 Å². The van der Waals surface area contributed by atoms with Gasteiger partial charge in [0.15, 0.2) is 0 Å². The highest BCUT2D eigenvalue weighted by Crippen LogP contribution is 2.40. The minimum absolute atomic E-state index is 0.376. The highest BCUT2D eigenvalue weighted by Gasteiger charge is 2.32. The molecule has 0 N–H and O–H groups in total. The Morgan fingerprint density at radius 1 is 1.22 bits per heavy atom. The molecular formula is C21H19NS. The fourth-order valence-electron chi connectivity index (χ4n) is 2.53. The van der Waals surface area contributed by atoms with Crippen molar-refractivity contribution in [2.24, 2.45) is 0 Å². The number of hydrogen-bond acceptors (Lipinski definition) is 2. The maximum absolute atomic E-state index is 9.82. The van der Waals surface area contributed by atoms with Gasteiger partial charge in [0.2, 0.25) is 0 Å². The Morgan fingerprint density at radius 3 is 2.52 bits per heavy atom. The summed E-state index contributed by atoms with van der Waals surface area (Å²) in [6.45, 7) is 5.87. The Morgan fingerprint density at radius 2 is 1.91 bits per heavy atom. The lowest BCUT2D eigenvalue weighted by Crippen LogP contribution is -2.23. The summed E-state index contributed by atoms with van der Waals surface area (Å²) in [7, 11) is 0. The van der Waals surface area contributed by atoms with Crippen LogP contribution in [-0.2, 0) is 5.41 Å². The number of allylic oxidation sites excluding steroid dienone is 1. The monoisotopic (exact) mass is 317 g/mol. The van der Waals surface area contributed by atoms with Gasteiger partial charge >= 0.3 is 0 Å². The third-order valence-corrected chi connectivity index (χ3v) is 4.85. The summed E-state index contributed by atoms with van der Waals surface area (Å²) in [5, 5.41) is 9.82. The molecule has 2 aromatic carbocycles. The molecule has 0 radical (unpaired) electrons. The van der Waals surface area contributed by atoms with Crippen LogP contribution < -0.4 is 0 Å². The lowest BCUT2D eigenvalue weighted by molar-refractivity contribution is 0.564. The van der Waals surface area contributed by atoms with E-state index in [1.165, 1.54) is 5.56 Å². The topological polar surface area (TPSA) is 23.8 Å². The molecule has 2 rings (SSSR count). The van der Waals surface area contributed by atoms with Crippen molar-refractivity contribution in [1.82, 2.24) is 0 Å². The summed E-state index contributed by atoms with van der Waals surface area (Å²) in [5.74, 6) is 2.66. The number of terminal acetylenes is 1. The van der Waals surface area contributed by atoms with Crippen LogP contribution in [0.5, 0.6) is 0 Å². The number of aryl methyl sites for hydroxylation is 1. The second-order valence-electron chi connectivity index (χ2n) is 5.48. The minimum Gasteiger partial charge on any atom is -0.197 e. The predicted molar refractivity (Wildman–Crippen MR) is 97.3 cm³/mol. The molecular weight excluding hydrogens is 298 g/mol. The molecule has 0 bridgehead atoms. The van der Waals surface area contributed by atoms with Crippen LogP contribution in [0.2, 0.25) is 0 Å². The smallest absolute Gasteiger partial charge is 0.0975 e. The molecule has 2 heteroatoms. The Hall–Kier alpha value is -2.42. The Bertz CT molecular complexity index is 762. The molecule has 0 aromatic heterocycles. The van der Waals surface area contributed by atoms with Gasteiger partial charge in [-0.3, -0.25) is 0 Å². The van der Waals surface area contributed by atoms with Crippen LogP contribution >= 0.6 is 11.8 Å². The van der Waals surface area contributed by atoms with Crippen molar-refractivity contribution in [3.05, 3.63) is 72.3 Å². The molecule has 1 unspecified atom stereocenters. The quantitative estimate of drug-likeness (QED) is 0.518. The van der Waals surface area contributed by atoms with E-state index >= 15 is 0 Å². The van der Waals surface area contributed by atoms with Gasteiger partial charge in [0.05, 0.1) is 11.5 Å². The van der Waals surface area contributed by atoms with Gasteiger partial charge in [-0.2, -0.15) is 5.26 Å². The first-order chi connectivity index (χ1) is 11.1. The summed E-state index contributed by atoms with van der Waals surface area (Å²) in [6, 6.07) is 18.8. The van der Waals surface area contributed by atoms with E-state index in [4.69, 9.17) is 6.42 Å². The first-order valence-corrected chi connectivity index (χ1v) is 8.26. The summed E-state index contributed by atoms with van der Waals surface area (Å²) in [4.78, 5) is 2.21. The number of rotatable bonds is 6. The zero-order chi connectivity index (χ0) is 16.7. The number of hydrogen-bond donors (Lipinski definition) is 0. The summed E-state index contributed by atoms with van der Waals surface area (Å²) in [6.07, 6.45) is 8.22. The molecule has 0 fully saturated rings. The van der Waals surface area contributed by atoms with Gasteiger partial charge in [-0.05, 0) is 37.1 Å². The van der Waals surface area contributed by atoms with Crippen LogP contribution in [0.3, 0.4) is 0 Å². The van der Waals surface area contributed by atoms with Crippen LogP contribution in [0.1, 0.15) is 24.0 Å². The van der Waals surface area contributed by atoms with Gasteiger partial charge in [-0.25, -0.2) is 0 Å². The minimum atomic E-state index is -0.717. The van der Waals surface area contributed by atoms with Crippen molar-refractivity contribution < 1.29 is 0 Å². The van der Waals surface area contributed by atoms with E-state index in [-0.39, 0.29) is 0 Å². The lowest BCUT2D eigenvalue weighted by atomic mass is 9.76. The maximum atomic E-state index is 9.82. The fraction of sp³-hybridized carbons (Fsp3) is 0.190. The third-order valence-electron chi connectivity index (χ3n) is 3.76. The molecule has 0 aliphatic carbocycles. The van der Waals surface area contributed by atoms with Gasteiger partial charge in [-0.1, -0.05) is 53.7 Å². The van der Waals surface area contributed by atoms with Gasteiger partial charge < -0.3 is 0 Å². The number of nitriles is 1. The molecule has 0 aliphatic rings. The Kier molecular flexibility index (Phi) is 5.69. The molecule has 0 heterocycles. The van der Waals surface area contributed by atoms with E-state index in [1.807, 2.05) is 24.3 Å². The maximum Gasteiger partial charge on any atom is 0.0975 e. The van der Waals surface area contributed by atoms with Crippen molar-refractivity contribution in [2.75, 3.05) is 0 Å².